The standard InChI is InChI=1S/C17H15ClN4O/c18-13-6-5-11(10-12(13)14-4-1-2-8-21-14)17(16(20)23)7-3-9-22-15(17)19/h1-10,15H,19H2,(H2,20,23). The Balaban J connectivity index is 2.19. The van der Waals surface area contributed by atoms with Crippen LogP contribution >= 0.6 is 11.6 Å². The molecule has 5 nitrogen and oxygen atoms in total. The molecule has 1 amide bonds. The minimum Gasteiger partial charge on any atom is -0.369 e. The average molecular weight is 327 g/mol. The van der Waals surface area contributed by atoms with Gasteiger partial charge >= 0.3 is 0 Å². The molecule has 0 bridgehead atoms. The van der Waals surface area contributed by atoms with Crippen LogP contribution in [0.5, 0.6) is 0 Å². The molecule has 0 radical (unpaired) electrons. The molecule has 1 aliphatic rings. The highest BCUT2D eigenvalue weighted by Crippen LogP contribution is 2.36. The summed E-state index contributed by atoms with van der Waals surface area (Å²) in [7, 11) is 0. The summed E-state index contributed by atoms with van der Waals surface area (Å²) in [6, 6.07) is 10.8. The van der Waals surface area contributed by atoms with Gasteiger partial charge < -0.3 is 11.5 Å². The van der Waals surface area contributed by atoms with E-state index in [9.17, 15) is 4.79 Å². The zero-order chi connectivity index (χ0) is 16.4. The summed E-state index contributed by atoms with van der Waals surface area (Å²) in [5, 5.41) is 0.531. The predicted octanol–water partition coefficient (Wildman–Crippen LogP) is 2.05. The first-order valence-electron chi connectivity index (χ1n) is 7.03. The first kappa shape index (κ1) is 15.4. The van der Waals surface area contributed by atoms with Crippen LogP contribution in [-0.4, -0.2) is 23.3 Å². The zero-order valence-corrected chi connectivity index (χ0v) is 12.9. The summed E-state index contributed by atoms with van der Waals surface area (Å²) in [6.07, 6.45) is 5.80. The number of aromatic nitrogens is 1. The second kappa shape index (κ2) is 5.95. The molecule has 23 heavy (non-hydrogen) atoms. The van der Waals surface area contributed by atoms with Crippen molar-refractivity contribution in [3.05, 3.63) is 65.3 Å². The van der Waals surface area contributed by atoms with Crippen molar-refractivity contribution >= 4 is 23.7 Å². The fourth-order valence-corrected chi connectivity index (χ4v) is 2.91. The number of dihydropyridines is 1. The van der Waals surface area contributed by atoms with Gasteiger partial charge in [-0.2, -0.15) is 0 Å². The SMILES string of the molecule is NC(=O)C1(c2ccc(Cl)c(-c3ccccn3)c2)C=CC=NC1N. The van der Waals surface area contributed by atoms with Crippen LogP contribution in [0.15, 0.2) is 59.7 Å². The number of amides is 1. The van der Waals surface area contributed by atoms with E-state index in [1.807, 2.05) is 18.2 Å². The first-order chi connectivity index (χ1) is 11.1. The van der Waals surface area contributed by atoms with Gasteiger partial charge in [0.2, 0.25) is 5.91 Å². The number of carbonyl (C=O) groups is 1. The molecule has 0 saturated carbocycles. The number of pyridine rings is 1. The second-order valence-corrected chi connectivity index (χ2v) is 5.65. The number of halogens is 1. The third-order valence-corrected chi connectivity index (χ3v) is 4.28. The molecule has 0 saturated heterocycles. The number of hydrogen-bond acceptors (Lipinski definition) is 4. The lowest BCUT2D eigenvalue weighted by molar-refractivity contribution is -0.122. The number of allylic oxidation sites excluding steroid dienone is 1. The molecule has 2 unspecified atom stereocenters. The lowest BCUT2D eigenvalue weighted by Crippen LogP contribution is -2.53. The Hall–Kier alpha value is -2.50. The molecule has 1 aromatic heterocycles. The third-order valence-electron chi connectivity index (χ3n) is 3.95. The summed E-state index contributed by atoms with van der Waals surface area (Å²) in [6.45, 7) is 0. The number of nitrogens with two attached hydrogens (primary N) is 2. The second-order valence-electron chi connectivity index (χ2n) is 5.24. The quantitative estimate of drug-likeness (QED) is 0.903. The number of aliphatic imine (C=N–C) groups is 1. The number of rotatable bonds is 3. The molecule has 2 atom stereocenters. The minimum atomic E-state index is -1.21. The van der Waals surface area contributed by atoms with E-state index >= 15 is 0 Å². The maximum atomic E-state index is 12.2. The number of hydrogen-bond donors (Lipinski definition) is 2. The smallest absolute Gasteiger partial charge is 0.235 e. The van der Waals surface area contributed by atoms with E-state index in [1.165, 1.54) is 0 Å². The number of carbonyl (C=O) groups excluding carboxylic acids is 1. The van der Waals surface area contributed by atoms with Gasteiger partial charge in [-0.05, 0) is 35.9 Å². The van der Waals surface area contributed by atoms with Crippen LogP contribution in [-0.2, 0) is 10.2 Å². The highest BCUT2D eigenvalue weighted by Gasteiger charge is 2.43. The van der Waals surface area contributed by atoms with E-state index in [1.54, 1.807) is 42.8 Å². The van der Waals surface area contributed by atoms with Crippen molar-refractivity contribution in [1.29, 1.82) is 0 Å². The van der Waals surface area contributed by atoms with Gasteiger partial charge in [0.1, 0.15) is 11.6 Å². The topological polar surface area (TPSA) is 94.4 Å². The molecule has 1 aliphatic heterocycles. The van der Waals surface area contributed by atoms with Crippen LogP contribution in [0.2, 0.25) is 5.02 Å². The van der Waals surface area contributed by atoms with Gasteiger partial charge in [0.15, 0.2) is 0 Å². The van der Waals surface area contributed by atoms with Crippen LogP contribution in [0.1, 0.15) is 5.56 Å². The molecule has 0 fully saturated rings. The number of benzene rings is 1. The van der Waals surface area contributed by atoms with Gasteiger partial charge in [-0.3, -0.25) is 14.8 Å². The molecule has 2 aromatic rings. The van der Waals surface area contributed by atoms with Crippen molar-refractivity contribution in [2.75, 3.05) is 0 Å². The Bertz CT molecular complexity index is 803. The number of nitrogens with zero attached hydrogens (tertiary/aromatic N) is 2. The fourth-order valence-electron chi connectivity index (χ4n) is 2.69. The minimum absolute atomic E-state index is 0.531. The van der Waals surface area contributed by atoms with Gasteiger partial charge in [0.25, 0.3) is 0 Å². The molecule has 6 heteroatoms. The molecular formula is C17H15ClN4O. The van der Waals surface area contributed by atoms with Gasteiger partial charge in [-0.25, -0.2) is 0 Å². The molecular weight excluding hydrogens is 312 g/mol. The monoisotopic (exact) mass is 326 g/mol. The van der Waals surface area contributed by atoms with E-state index in [4.69, 9.17) is 23.1 Å². The molecule has 0 spiro atoms. The van der Waals surface area contributed by atoms with E-state index in [0.717, 1.165) is 0 Å². The highest BCUT2D eigenvalue weighted by molar-refractivity contribution is 6.33. The van der Waals surface area contributed by atoms with Crippen LogP contribution in [0.4, 0.5) is 0 Å². The van der Waals surface area contributed by atoms with E-state index < -0.39 is 17.5 Å². The molecule has 4 N–H and O–H groups in total. The van der Waals surface area contributed by atoms with Gasteiger partial charge in [0, 0.05) is 23.0 Å². The summed E-state index contributed by atoms with van der Waals surface area (Å²) >= 11 is 6.30. The third kappa shape index (κ3) is 2.54. The van der Waals surface area contributed by atoms with Gasteiger partial charge in [-0.1, -0.05) is 29.8 Å². The molecule has 0 aliphatic carbocycles. The largest absolute Gasteiger partial charge is 0.369 e. The Labute approximate surface area is 138 Å². The van der Waals surface area contributed by atoms with E-state index in [0.29, 0.717) is 21.8 Å². The van der Waals surface area contributed by atoms with Crippen molar-refractivity contribution in [2.24, 2.45) is 16.5 Å². The van der Waals surface area contributed by atoms with Crippen LogP contribution < -0.4 is 11.5 Å². The lowest BCUT2D eigenvalue weighted by atomic mass is 9.75. The molecule has 1 aromatic carbocycles. The highest BCUT2D eigenvalue weighted by atomic mass is 35.5. The van der Waals surface area contributed by atoms with Crippen molar-refractivity contribution in [1.82, 2.24) is 4.98 Å². The molecule has 3 rings (SSSR count). The Morgan fingerprint density at radius 3 is 2.74 bits per heavy atom. The molecule has 116 valence electrons. The van der Waals surface area contributed by atoms with Crippen molar-refractivity contribution in [3.63, 3.8) is 0 Å². The predicted molar refractivity (Wildman–Crippen MR) is 91.2 cm³/mol. The van der Waals surface area contributed by atoms with Gasteiger partial charge in [0.05, 0.1) is 5.69 Å². The van der Waals surface area contributed by atoms with Crippen molar-refractivity contribution < 1.29 is 4.79 Å². The Morgan fingerprint density at radius 2 is 2.09 bits per heavy atom. The summed E-state index contributed by atoms with van der Waals surface area (Å²) in [5.74, 6) is -0.563. The van der Waals surface area contributed by atoms with Crippen molar-refractivity contribution in [3.8, 4) is 11.3 Å². The summed E-state index contributed by atoms with van der Waals surface area (Å²) in [4.78, 5) is 20.6. The Kier molecular flexibility index (Phi) is 3.98. The van der Waals surface area contributed by atoms with E-state index in [-0.39, 0.29) is 0 Å². The summed E-state index contributed by atoms with van der Waals surface area (Å²) in [5.41, 5.74) is 12.6. The van der Waals surface area contributed by atoms with E-state index in [2.05, 4.69) is 9.98 Å². The van der Waals surface area contributed by atoms with Crippen molar-refractivity contribution in [2.45, 2.75) is 11.6 Å². The normalized spacial score (nSPS) is 23.0. The van der Waals surface area contributed by atoms with Crippen LogP contribution in [0.25, 0.3) is 11.3 Å². The maximum Gasteiger partial charge on any atom is 0.235 e. The molecule has 2 heterocycles. The first-order valence-corrected chi connectivity index (χ1v) is 7.41. The lowest BCUT2D eigenvalue weighted by Gasteiger charge is -2.33. The fraction of sp³-hybridized carbons (Fsp3) is 0.118. The summed E-state index contributed by atoms with van der Waals surface area (Å²) < 4.78 is 0. The maximum absolute atomic E-state index is 12.2. The van der Waals surface area contributed by atoms with Crippen LogP contribution in [0, 0.1) is 0 Å². The zero-order valence-electron chi connectivity index (χ0n) is 12.2. The van der Waals surface area contributed by atoms with Crippen LogP contribution in [0.3, 0.4) is 0 Å². The van der Waals surface area contributed by atoms with Gasteiger partial charge in [-0.15, -0.1) is 0 Å². The average Bonchev–Trinajstić information content (AvgIpc) is 2.56. The Morgan fingerprint density at radius 1 is 1.26 bits per heavy atom. The number of primary amides is 1.